The third-order valence-corrected chi connectivity index (χ3v) is 4.16. The van der Waals surface area contributed by atoms with Crippen molar-refractivity contribution in [2.45, 2.75) is 57.5 Å². The Morgan fingerprint density at radius 3 is 2.50 bits per heavy atom. The minimum atomic E-state index is -0.669. The summed E-state index contributed by atoms with van der Waals surface area (Å²) in [6, 6.07) is 8.27. The van der Waals surface area contributed by atoms with E-state index >= 15 is 0 Å². The van der Waals surface area contributed by atoms with E-state index in [1.807, 2.05) is 0 Å². The van der Waals surface area contributed by atoms with Gasteiger partial charge in [-0.2, -0.15) is 0 Å². The molecule has 1 saturated carbocycles. The van der Waals surface area contributed by atoms with Crippen molar-refractivity contribution in [1.29, 1.82) is 0 Å². The summed E-state index contributed by atoms with van der Waals surface area (Å²) < 4.78 is 0. The number of aliphatic hydroxyl groups is 1. The monoisotopic (exact) mass is 275 g/mol. The maximum Gasteiger partial charge on any atom is 0.220 e. The van der Waals surface area contributed by atoms with Crippen molar-refractivity contribution in [3.8, 4) is 0 Å². The zero-order chi connectivity index (χ0) is 14.4. The summed E-state index contributed by atoms with van der Waals surface area (Å²) in [5.74, 6) is 0.0320. The van der Waals surface area contributed by atoms with Crippen molar-refractivity contribution in [3.05, 3.63) is 35.4 Å². The lowest BCUT2D eigenvalue weighted by molar-refractivity contribution is -0.122. The van der Waals surface area contributed by atoms with E-state index in [1.54, 1.807) is 0 Å². The summed E-state index contributed by atoms with van der Waals surface area (Å²) in [4.78, 5) is 11.8. The predicted octanol–water partition coefficient (Wildman–Crippen LogP) is 2.74. The Labute approximate surface area is 121 Å². The van der Waals surface area contributed by atoms with Gasteiger partial charge in [0.15, 0.2) is 0 Å². The molecule has 1 fully saturated rings. The van der Waals surface area contributed by atoms with Gasteiger partial charge in [0, 0.05) is 13.0 Å². The van der Waals surface area contributed by atoms with E-state index in [0.29, 0.717) is 13.0 Å². The lowest BCUT2D eigenvalue weighted by Gasteiger charge is -2.32. The Hall–Kier alpha value is -1.35. The van der Waals surface area contributed by atoms with E-state index in [0.717, 1.165) is 32.1 Å². The van der Waals surface area contributed by atoms with E-state index in [1.165, 1.54) is 17.5 Å². The van der Waals surface area contributed by atoms with Crippen molar-refractivity contribution < 1.29 is 9.90 Å². The first-order valence-electron chi connectivity index (χ1n) is 7.62. The van der Waals surface area contributed by atoms with Crippen LogP contribution in [0.3, 0.4) is 0 Å². The number of carbonyl (C=O) groups excluding carboxylic acids is 1. The molecule has 2 N–H and O–H groups in total. The Bertz CT molecular complexity index is 433. The molecule has 110 valence electrons. The third kappa shape index (κ3) is 4.64. The summed E-state index contributed by atoms with van der Waals surface area (Å²) in [6.45, 7) is 2.46. The Balaban J connectivity index is 1.71. The number of hydrogen-bond acceptors (Lipinski definition) is 2. The lowest BCUT2D eigenvalue weighted by Crippen LogP contribution is -2.44. The van der Waals surface area contributed by atoms with Crippen LogP contribution in [0.5, 0.6) is 0 Å². The lowest BCUT2D eigenvalue weighted by atomic mass is 9.85. The summed E-state index contributed by atoms with van der Waals surface area (Å²) in [5.41, 5.74) is 1.75. The number of benzene rings is 1. The molecule has 1 amide bonds. The van der Waals surface area contributed by atoms with Crippen molar-refractivity contribution >= 4 is 5.91 Å². The van der Waals surface area contributed by atoms with Gasteiger partial charge in [-0.25, -0.2) is 0 Å². The molecule has 0 aromatic heterocycles. The van der Waals surface area contributed by atoms with Crippen LogP contribution in [0.25, 0.3) is 0 Å². The fraction of sp³-hybridized carbons (Fsp3) is 0.588. The molecule has 0 atom stereocenters. The van der Waals surface area contributed by atoms with Crippen LogP contribution in [0, 0.1) is 6.92 Å². The van der Waals surface area contributed by atoms with Crippen LogP contribution < -0.4 is 5.32 Å². The topological polar surface area (TPSA) is 49.3 Å². The average molecular weight is 275 g/mol. The summed E-state index contributed by atoms with van der Waals surface area (Å²) in [5, 5.41) is 13.2. The van der Waals surface area contributed by atoms with E-state index in [9.17, 15) is 9.90 Å². The molecule has 0 bridgehead atoms. The van der Waals surface area contributed by atoms with Crippen molar-refractivity contribution in [3.63, 3.8) is 0 Å². The van der Waals surface area contributed by atoms with Gasteiger partial charge in [0.05, 0.1) is 5.60 Å². The smallest absolute Gasteiger partial charge is 0.220 e. The average Bonchev–Trinajstić information content (AvgIpc) is 2.45. The van der Waals surface area contributed by atoms with Crippen molar-refractivity contribution in [1.82, 2.24) is 5.32 Å². The third-order valence-electron chi connectivity index (χ3n) is 4.16. The molecular weight excluding hydrogens is 250 g/mol. The quantitative estimate of drug-likeness (QED) is 0.868. The standard InChI is InChI=1S/C17H25NO2/c1-14-5-7-15(8-6-14)9-10-16(19)18-13-17(20)11-3-2-4-12-17/h5-8,20H,2-4,9-13H2,1H3,(H,18,19). The van der Waals surface area contributed by atoms with Crippen LogP contribution in [0.4, 0.5) is 0 Å². The number of hydrogen-bond donors (Lipinski definition) is 2. The second-order valence-electron chi connectivity index (χ2n) is 6.05. The van der Waals surface area contributed by atoms with E-state index < -0.39 is 5.60 Å². The highest BCUT2D eigenvalue weighted by Gasteiger charge is 2.29. The maximum atomic E-state index is 11.8. The van der Waals surface area contributed by atoms with Gasteiger partial charge in [-0.1, -0.05) is 49.1 Å². The van der Waals surface area contributed by atoms with Gasteiger partial charge < -0.3 is 10.4 Å². The molecule has 0 saturated heterocycles. The van der Waals surface area contributed by atoms with Gasteiger partial charge in [-0.15, -0.1) is 0 Å². The fourth-order valence-electron chi connectivity index (χ4n) is 2.75. The Morgan fingerprint density at radius 2 is 1.85 bits per heavy atom. The molecule has 0 unspecified atom stereocenters. The maximum absolute atomic E-state index is 11.8. The summed E-state index contributed by atoms with van der Waals surface area (Å²) in [7, 11) is 0. The Kier molecular flexibility index (Phi) is 5.18. The minimum Gasteiger partial charge on any atom is -0.388 e. The number of rotatable bonds is 5. The van der Waals surface area contributed by atoms with Gasteiger partial charge in [0.1, 0.15) is 0 Å². The Morgan fingerprint density at radius 1 is 1.20 bits per heavy atom. The summed E-state index contributed by atoms with van der Waals surface area (Å²) >= 11 is 0. The number of carbonyl (C=O) groups is 1. The molecule has 1 aromatic carbocycles. The van der Waals surface area contributed by atoms with Gasteiger partial charge in [-0.05, 0) is 31.7 Å². The van der Waals surface area contributed by atoms with Gasteiger partial charge in [0.2, 0.25) is 5.91 Å². The number of aryl methyl sites for hydroxylation is 2. The highest BCUT2D eigenvalue weighted by molar-refractivity contribution is 5.76. The normalized spacial score (nSPS) is 17.7. The van der Waals surface area contributed by atoms with E-state index in [-0.39, 0.29) is 5.91 Å². The van der Waals surface area contributed by atoms with Crippen LogP contribution in [0.1, 0.15) is 49.7 Å². The second kappa shape index (κ2) is 6.89. The van der Waals surface area contributed by atoms with Crippen molar-refractivity contribution in [2.24, 2.45) is 0 Å². The van der Waals surface area contributed by atoms with Crippen molar-refractivity contribution in [2.75, 3.05) is 6.54 Å². The van der Waals surface area contributed by atoms with Crippen LogP contribution in [-0.2, 0) is 11.2 Å². The molecule has 2 rings (SSSR count). The number of nitrogens with one attached hydrogen (secondary N) is 1. The second-order valence-corrected chi connectivity index (χ2v) is 6.05. The number of amides is 1. The molecule has 0 heterocycles. The highest BCUT2D eigenvalue weighted by atomic mass is 16.3. The van der Waals surface area contributed by atoms with E-state index in [4.69, 9.17) is 0 Å². The zero-order valence-electron chi connectivity index (χ0n) is 12.3. The van der Waals surface area contributed by atoms with Gasteiger partial charge >= 0.3 is 0 Å². The molecule has 20 heavy (non-hydrogen) atoms. The molecule has 3 heteroatoms. The molecular formula is C17H25NO2. The van der Waals surface area contributed by atoms with Gasteiger partial charge in [-0.3, -0.25) is 4.79 Å². The minimum absolute atomic E-state index is 0.0320. The predicted molar refractivity (Wildman–Crippen MR) is 80.5 cm³/mol. The molecule has 0 radical (unpaired) electrons. The van der Waals surface area contributed by atoms with E-state index in [2.05, 4.69) is 36.5 Å². The first kappa shape index (κ1) is 15.0. The fourth-order valence-corrected chi connectivity index (χ4v) is 2.75. The van der Waals surface area contributed by atoms with Crippen LogP contribution in [-0.4, -0.2) is 23.2 Å². The van der Waals surface area contributed by atoms with Gasteiger partial charge in [0.25, 0.3) is 0 Å². The molecule has 1 aliphatic carbocycles. The van der Waals surface area contributed by atoms with Crippen LogP contribution >= 0.6 is 0 Å². The van der Waals surface area contributed by atoms with Crippen LogP contribution in [0.15, 0.2) is 24.3 Å². The van der Waals surface area contributed by atoms with Crippen LogP contribution in [0.2, 0.25) is 0 Å². The largest absolute Gasteiger partial charge is 0.388 e. The highest BCUT2D eigenvalue weighted by Crippen LogP contribution is 2.27. The molecule has 0 aliphatic heterocycles. The first-order chi connectivity index (χ1) is 9.57. The molecule has 3 nitrogen and oxygen atoms in total. The SMILES string of the molecule is Cc1ccc(CCC(=O)NCC2(O)CCCCC2)cc1. The first-order valence-corrected chi connectivity index (χ1v) is 7.62. The zero-order valence-corrected chi connectivity index (χ0v) is 12.3. The molecule has 1 aliphatic rings. The molecule has 1 aromatic rings. The molecule has 0 spiro atoms. The summed E-state index contributed by atoms with van der Waals surface area (Å²) in [6.07, 6.45) is 6.19.